The van der Waals surface area contributed by atoms with E-state index in [2.05, 4.69) is 0 Å². The lowest BCUT2D eigenvalue weighted by molar-refractivity contribution is -0.138. The maximum Gasteiger partial charge on any atom is 0.338 e. The molecule has 0 unspecified atom stereocenters. The number of aliphatic hydroxyl groups is 4. The second-order valence-corrected chi connectivity index (χ2v) is 4.10. The van der Waals surface area contributed by atoms with Crippen molar-refractivity contribution in [2.75, 3.05) is 6.61 Å². The molecule has 0 saturated carbocycles. The van der Waals surface area contributed by atoms with Crippen molar-refractivity contribution in [3.8, 4) is 0 Å². The molecule has 20 heavy (non-hydrogen) atoms. The molecule has 1 aromatic carbocycles. The van der Waals surface area contributed by atoms with Crippen molar-refractivity contribution in [2.45, 2.75) is 24.4 Å². The Hall–Kier alpha value is -1.80. The number of ether oxygens (including phenoxy) is 1. The molecule has 0 heterocycles. The van der Waals surface area contributed by atoms with Gasteiger partial charge in [0.2, 0.25) is 0 Å². The quantitative estimate of drug-likeness (QED) is 0.354. The third kappa shape index (κ3) is 4.10. The van der Waals surface area contributed by atoms with Gasteiger partial charge in [-0.25, -0.2) is 4.79 Å². The van der Waals surface area contributed by atoms with Gasteiger partial charge in [0.1, 0.15) is 18.3 Å². The number of esters is 1. The number of rotatable bonds is 7. The molecule has 0 spiro atoms. The molecular weight excluding hydrogens is 268 g/mol. The minimum atomic E-state index is -1.85. The van der Waals surface area contributed by atoms with Crippen LogP contribution < -0.4 is 0 Å². The predicted octanol–water partition coefficient (Wildman–Crippen LogP) is -1.51. The Morgan fingerprint density at radius 2 is 1.75 bits per heavy atom. The van der Waals surface area contributed by atoms with E-state index in [0.717, 1.165) is 0 Å². The fourth-order valence-corrected chi connectivity index (χ4v) is 1.47. The largest absolute Gasteiger partial charge is 0.448 e. The van der Waals surface area contributed by atoms with Crippen molar-refractivity contribution in [2.24, 2.45) is 0 Å². The van der Waals surface area contributed by atoms with Crippen molar-refractivity contribution >= 4 is 12.3 Å². The molecule has 7 nitrogen and oxygen atoms in total. The van der Waals surface area contributed by atoms with Gasteiger partial charge < -0.3 is 25.2 Å². The van der Waals surface area contributed by atoms with Crippen LogP contribution in [0, 0.1) is 0 Å². The van der Waals surface area contributed by atoms with E-state index < -0.39 is 37.0 Å². The summed E-state index contributed by atoms with van der Waals surface area (Å²) in [6.07, 6.45) is -6.83. The zero-order valence-corrected chi connectivity index (χ0v) is 10.5. The van der Waals surface area contributed by atoms with Crippen LogP contribution in [0.15, 0.2) is 30.3 Å². The van der Waals surface area contributed by atoms with Crippen molar-refractivity contribution in [3.05, 3.63) is 35.9 Å². The number of aliphatic hydroxyl groups excluding tert-OH is 4. The molecule has 0 radical (unpaired) electrons. The highest BCUT2D eigenvalue weighted by Gasteiger charge is 2.33. The predicted molar refractivity (Wildman–Crippen MR) is 66.8 cm³/mol. The third-order valence-corrected chi connectivity index (χ3v) is 2.65. The zero-order chi connectivity index (χ0) is 15.1. The number of benzene rings is 1. The summed E-state index contributed by atoms with van der Waals surface area (Å²) in [5.74, 6) is -0.854. The monoisotopic (exact) mass is 284 g/mol. The lowest BCUT2D eigenvalue weighted by Crippen LogP contribution is -2.48. The summed E-state index contributed by atoms with van der Waals surface area (Å²) in [6.45, 7) is -0.809. The molecular formula is C13H16O7. The van der Waals surface area contributed by atoms with E-state index in [1.54, 1.807) is 18.2 Å². The lowest BCUT2D eigenvalue weighted by atomic mass is 10.0. The Balaban J connectivity index is 2.72. The van der Waals surface area contributed by atoms with Gasteiger partial charge >= 0.3 is 5.97 Å². The number of hydrogen-bond acceptors (Lipinski definition) is 7. The first-order valence-corrected chi connectivity index (χ1v) is 5.87. The highest BCUT2D eigenvalue weighted by Crippen LogP contribution is 2.10. The molecule has 0 saturated heterocycles. The summed E-state index contributed by atoms with van der Waals surface area (Å²) in [6, 6.07) is 7.77. The molecule has 0 aliphatic rings. The van der Waals surface area contributed by atoms with Crippen molar-refractivity contribution in [1.29, 1.82) is 0 Å². The van der Waals surface area contributed by atoms with E-state index in [-0.39, 0.29) is 11.8 Å². The van der Waals surface area contributed by atoms with E-state index in [1.807, 2.05) is 0 Å². The van der Waals surface area contributed by atoms with Gasteiger partial charge in [-0.2, -0.15) is 0 Å². The Morgan fingerprint density at radius 3 is 2.25 bits per heavy atom. The summed E-state index contributed by atoms with van der Waals surface area (Å²) in [5, 5.41) is 36.9. The van der Waals surface area contributed by atoms with Crippen LogP contribution in [0.4, 0.5) is 0 Å². The van der Waals surface area contributed by atoms with E-state index in [0.29, 0.717) is 0 Å². The summed E-state index contributed by atoms with van der Waals surface area (Å²) in [5.41, 5.74) is 0.170. The Labute approximate surface area is 115 Å². The molecule has 0 aliphatic heterocycles. The van der Waals surface area contributed by atoms with E-state index in [9.17, 15) is 24.9 Å². The summed E-state index contributed by atoms with van der Waals surface area (Å²) in [7, 11) is 0. The number of carbonyl (C=O) groups excluding carboxylic acids is 2. The minimum absolute atomic E-state index is 0.138. The third-order valence-electron chi connectivity index (χ3n) is 2.65. The Kier molecular flexibility index (Phi) is 6.26. The summed E-state index contributed by atoms with van der Waals surface area (Å²) >= 11 is 0. The van der Waals surface area contributed by atoms with Gasteiger partial charge in [0.15, 0.2) is 12.4 Å². The van der Waals surface area contributed by atoms with Gasteiger partial charge in [0.05, 0.1) is 12.2 Å². The van der Waals surface area contributed by atoms with Crippen LogP contribution in [-0.2, 0) is 9.53 Å². The normalized spacial score (nSPS) is 16.8. The number of hydrogen-bond donors (Lipinski definition) is 4. The molecule has 1 aromatic rings. The molecule has 0 aromatic heterocycles. The lowest BCUT2D eigenvalue weighted by Gasteiger charge is -2.25. The van der Waals surface area contributed by atoms with Crippen molar-refractivity contribution < 1.29 is 34.8 Å². The Morgan fingerprint density at radius 1 is 1.15 bits per heavy atom. The molecule has 1 rings (SSSR count). The van der Waals surface area contributed by atoms with Crippen LogP contribution in [0.3, 0.4) is 0 Å². The van der Waals surface area contributed by atoms with Gasteiger partial charge in [-0.05, 0) is 12.1 Å². The first-order chi connectivity index (χ1) is 9.51. The van der Waals surface area contributed by atoms with Crippen LogP contribution in [0.2, 0.25) is 0 Å². The van der Waals surface area contributed by atoms with E-state index in [4.69, 9.17) is 9.84 Å². The second kappa shape index (κ2) is 7.71. The van der Waals surface area contributed by atoms with Gasteiger partial charge in [-0.1, -0.05) is 18.2 Å². The molecule has 7 heteroatoms. The standard InChI is InChI=1S/C13H16O7/c14-6-9(16)11(17)12(18)10(7-15)20-13(19)8-4-2-1-3-5-8/h1-5,7,9-12,14,16-18H,6H2/t9-,10-,11-,12-/m1/s1. The number of carbonyl (C=O) groups is 2. The fourth-order valence-electron chi connectivity index (χ4n) is 1.47. The maximum absolute atomic E-state index is 11.7. The van der Waals surface area contributed by atoms with Crippen LogP contribution in [0.25, 0.3) is 0 Å². The second-order valence-electron chi connectivity index (χ2n) is 4.10. The average Bonchev–Trinajstić information content (AvgIpc) is 2.50. The molecule has 0 bridgehead atoms. The van der Waals surface area contributed by atoms with Crippen LogP contribution in [0.5, 0.6) is 0 Å². The van der Waals surface area contributed by atoms with Crippen LogP contribution in [-0.4, -0.2) is 63.7 Å². The fraction of sp³-hybridized carbons (Fsp3) is 0.385. The smallest absolute Gasteiger partial charge is 0.338 e. The highest BCUT2D eigenvalue weighted by molar-refractivity contribution is 5.90. The minimum Gasteiger partial charge on any atom is -0.448 e. The van der Waals surface area contributed by atoms with E-state index in [1.165, 1.54) is 12.1 Å². The molecule has 4 N–H and O–H groups in total. The summed E-state index contributed by atoms with van der Waals surface area (Å²) < 4.78 is 4.75. The van der Waals surface area contributed by atoms with Crippen molar-refractivity contribution in [3.63, 3.8) is 0 Å². The highest BCUT2D eigenvalue weighted by atomic mass is 16.6. The first-order valence-electron chi connectivity index (χ1n) is 5.87. The molecule has 0 amide bonds. The Bertz CT molecular complexity index is 434. The maximum atomic E-state index is 11.7. The molecule has 4 atom stereocenters. The van der Waals surface area contributed by atoms with Gasteiger partial charge in [0, 0.05) is 0 Å². The van der Waals surface area contributed by atoms with Crippen LogP contribution >= 0.6 is 0 Å². The average molecular weight is 284 g/mol. The topological polar surface area (TPSA) is 124 Å². The molecule has 0 fully saturated rings. The summed E-state index contributed by atoms with van der Waals surface area (Å²) in [4.78, 5) is 22.5. The first kappa shape index (κ1) is 16.3. The van der Waals surface area contributed by atoms with Crippen LogP contribution in [0.1, 0.15) is 10.4 Å². The molecule has 0 aliphatic carbocycles. The van der Waals surface area contributed by atoms with E-state index >= 15 is 0 Å². The van der Waals surface area contributed by atoms with Gasteiger partial charge in [-0.15, -0.1) is 0 Å². The molecule has 110 valence electrons. The number of aldehydes is 1. The SMILES string of the molecule is O=C[C@@H](OC(=O)c1ccccc1)[C@@H](O)[C@H](O)[C@H](O)CO. The van der Waals surface area contributed by atoms with Gasteiger partial charge in [-0.3, -0.25) is 4.79 Å². The zero-order valence-electron chi connectivity index (χ0n) is 10.5. The van der Waals surface area contributed by atoms with Crippen molar-refractivity contribution in [1.82, 2.24) is 0 Å². The van der Waals surface area contributed by atoms with Gasteiger partial charge in [0.25, 0.3) is 0 Å².